The van der Waals surface area contributed by atoms with Crippen LogP contribution in [-0.4, -0.2) is 16.8 Å². The van der Waals surface area contributed by atoms with Crippen LogP contribution in [-0.2, 0) is 9.59 Å². The summed E-state index contributed by atoms with van der Waals surface area (Å²) in [4.78, 5) is 25.7. The molecular weight excluding hydrogens is 252 g/mol. The fraction of sp³-hybridized carbons (Fsp3) is 0.0769. The van der Waals surface area contributed by atoms with E-state index < -0.39 is 0 Å². The van der Waals surface area contributed by atoms with Gasteiger partial charge in [-0.25, -0.2) is 0 Å². The highest BCUT2D eigenvalue weighted by Crippen LogP contribution is 2.25. The largest absolute Gasteiger partial charge is 0.361 e. The van der Waals surface area contributed by atoms with E-state index in [2.05, 4.69) is 10.3 Å². The van der Waals surface area contributed by atoms with Gasteiger partial charge in [-0.2, -0.15) is 0 Å². The molecule has 2 heterocycles. The predicted octanol–water partition coefficient (Wildman–Crippen LogP) is 2.25. The summed E-state index contributed by atoms with van der Waals surface area (Å²) in [7, 11) is 0. The Balaban J connectivity index is 2.08. The van der Waals surface area contributed by atoms with Crippen LogP contribution < -0.4 is 5.32 Å². The van der Waals surface area contributed by atoms with Gasteiger partial charge in [-0.05, 0) is 18.2 Å². The SMILES string of the molecule is O=C1C/C(=C/c2c[nH]c3cc(Cl)ccc23)C(=O)N1. The van der Waals surface area contributed by atoms with E-state index in [9.17, 15) is 9.59 Å². The number of carbonyl (C=O) groups excluding carboxylic acids is 2. The lowest BCUT2D eigenvalue weighted by Crippen LogP contribution is -2.19. The van der Waals surface area contributed by atoms with Crippen LogP contribution in [0.3, 0.4) is 0 Å². The number of imide groups is 1. The minimum Gasteiger partial charge on any atom is -0.361 e. The van der Waals surface area contributed by atoms with E-state index in [0.717, 1.165) is 16.5 Å². The Bertz CT molecular complexity index is 700. The second kappa shape index (κ2) is 3.99. The number of hydrogen-bond donors (Lipinski definition) is 2. The maximum absolute atomic E-state index is 11.5. The molecule has 1 fully saturated rings. The number of fused-ring (bicyclic) bond motifs is 1. The lowest BCUT2D eigenvalue weighted by atomic mass is 10.1. The average molecular weight is 261 g/mol. The molecule has 2 aromatic rings. The van der Waals surface area contributed by atoms with Gasteiger partial charge in [-0.15, -0.1) is 0 Å². The first-order chi connectivity index (χ1) is 8.63. The molecule has 4 nitrogen and oxygen atoms in total. The van der Waals surface area contributed by atoms with Gasteiger partial charge in [0, 0.05) is 33.3 Å². The van der Waals surface area contributed by atoms with Gasteiger partial charge in [-0.1, -0.05) is 17.7 Å². The molecule has 1 saturated heterocycles. The molecule has 0 atom stereocenters. The summed E-state index contributed by atoms with van der Waals surface area (Å²) in [5.41, 5.74) is 2.26. The van der Waals surface area contributed by atoms with Crippen LogP contribution in [0.15, 0.2) is 30.0 Å². The topological polar surface area (TPSA) is 62.0 Å². The molecule has 0 aliphatic carbocycles. The van der Waals surface area contributed by atoms with E-state index >= 15 is 0 Å². The first kappa shape index (κ1) is 11.0. The molecule has 90 valence electrons. The lowest BCUT2D eigenvalue weighted by molar-refractivity contribution is -0.124. The third kappa shape index (κ3) is 1.80. The highest BCUT2D eigenvalue weighted by atomic mass is 35.5. The maximum Gasteiger partial charge on any atom is 0.254 e. The smallest absolute Gasteiger partial charge is 0.254 e. The van der Waals surface area contributed by atoms with Crippen molar-refractivity contribution >= 4 is 40.4 Å². The molecule has 1 aliphatic heterocycles. The van der Waals surface area contributed by atoms with Crippen molar-refractivity contribution in [3.05, 3.63) is 40.6 Å². The van der Waals surface area contributed by atoms with Crippen molar-refractivity contribution in [1.29, 1.82) is 0 Å². The molecule has 2 N–H and O–H groups in total. The third-order valence-corrected chi connectivity index (χ3v) is 3.14. The molecule has 1 aliphatic rings. The summed E-state index contributed by atoms with van der Waals surface area (Å²) in [6.07, 6.45) is 3.66. The Labute approximate surface area is 108 Å². The van der Waals surface area contributed by atoms with Crippen molar-refractivity contribution in [1.82, 2.24) is 10.3 Å². The summed E-state index contributed by atoms with van der Waals surface area (Å²) in [6.45, 7) is 0. The predicted molar refractivity (Wildman–Crippen MR) is 69.1 cm³/mol. The Morgan fingerprint density at radius 2 is 2.11 bits per heavy atom. The number of rotatable bonds is 1. The minimum absolute atomic E-state index is 0.138. The molecule has 0 saturated carbocycles. The number of halogens is 1. The fourth-order valence-electron chi connectivity index (χ4n) is 2.05. The summed E-state index contributed by atoms with van der Waals surface area (Å²) >= 11 is 5.90. The number of amides is 2. The Morgan fingerprint density at radius 3 is 2.83 bits per heavy atom. The van der Waals surface area contributed by atoms with Gasteiger partial charge in [0.1, 0.15) is 0 Å². The summed E-state index contributed by atoms with van der Waals surface area (Å²) < 4.78 is 0. The van der Waals surface area contributed by atoms with Gasteiger partial charge in [0.15, 0.2) is 0 Å². The zero-order chi connectivity index (χ0) is 12.7. The van der Waals surface area contributed by atoms with Gasteiger partial charge < -0.3 is 4.98 Å². The second-order valence-electron chi connectivity index (χ2n) is 4.16. The number of aromatic nitrogens is 1. The Hall–Kier alpha value is -2.07. The monoisotopic (exact) mass is 260 g/mol. The van der Waals surface area contributed by atoms with Gasteiger partial charge in [-0.3, -0.25) is 14.9 Å². The van der Waals surface area contributed by atoms with Crippen molar-refractivity contribution in [3.63, 3.8) is 0 Å². The van der Waals surface area contributed by atoms with Crippen LogP contribution >= 0.6 is 11.6 Å². The highest BCUT2D eigenvalue weighted by Gasteiger charge is 2.23. The second-order valence-corrected chi connectivity index (χ2v) is 4.59. The number of aromatic amines is 1. The molecule has 0 unspecified atom stereocenters. The van der Waals surface area contributed by atoms with Crippen LogP contribution in [0.2, 0.25) is 5.02 Å². The summed E-state index contributed by atoms with van der Waals surface area (Å²) in [6, 6.07) is 5.49. The Kier molecular flexibility index (Phi) is 2.45. The third-order valence-electron chi connectivity index (χ3n) is 2.90. The van der Waals surface area contributed by atoms with E-state index in [1.54, 1.807) is 18.3 Å². The van der Waals surface area contributed by atoms with Crippen LogP contribution in [0.5, 0.6) is 0 Å². The van der Waals surface area contributed by atoms with Crippen molar-refractivity contribution in [2.45, 2.75) is 6.42 Å². The van der Waals surface area contributed by atoms with Crippen molar-refractivity contribution in [2.75, 3.05) is 0 Å². The number of nitrogens with one attached hydrogen (secondary N) is 2. The number of H-pyrrole nitrogens is 1. The van der Waals surface area contributed by atoms with Gasteiger partial charge in [0.2, 0.25) is 5.91 Å². The molecular formula is C13H9ClN2O2. The van der Waals surface area contributed by atoms with Crippen molar-refractivity contribution < 1.29 is 9.59 Å². The number of hydrogen-bond acceptors (Lipinski definition) is 2. The van der Waals surface area contributed by atoms with E-state index in [4.69, 9.17) is 11.6 Å². The van der Waals surface area contributed by atoms with Crippen molar-refractivity contribution in [2.24, 2.45) is 0 Å². The fourth-order valence-corrected chi connectivity index (χ4v) is 2.22. The first-order valence-electron chi connectivity index (χ1n) is 5.45. The van der Waals surface area contributed by atoms with Crippen LogP contribution in [0.4, 0.5) is 0 Å². The van der Waals surface area contributed by atoms with Crippen LogP contribution in [0.1, 0.15) is 12.0 Å². The normalized spacial score (nSPS) is 17.7. The summed E-state index contributed by atoms with van der Waals surface area (Å²) in [5.74, 6) is -0.572. The number of carbonyl (C=O) groups is 2. The molecule has 5 heteroatoms. The molecule has 1 aromatic heterocycles. The number of benzene rings is 1. The molecule has 1 aromatic carbocycles. The van der Waals surface area contributed by atoms with E-state index in [1.165, 1.54) is 0 Å². The first-order valence-corrected chi connectivity index (χ1v) is 5.83. The maximum atomic E-state index is 11.5. The molecule has 2 amide bonds. The van der Waals surface area contributed by atoms with E-state index in [0.29, 0.717) is 10.6 Å². The molecule has 18 heavy (non-hydrogen) atoms. The average Bonchev–Trinajstić information content (AvgIpc) is 2.84. The molecule has 3 rings (SSSR count). The quantitative estimate of drug-likeness (QED) is 0.610. The van der Waals surface area contributed by atoms with Gasteiger partial charge in [0.25, 0.3) is 5.91 Å². The van der Waals surface area contributed by atoms with Gasteiger partial charge in [0.05, 0.1) is 6.42 Å². The van der Waals surface area contributed by atoms with Crippen LogP contribution in [0, 0.1) is 0 Å². The van der Waals surface area contributed by atoms with Crippen LogP contribution in [0.25, 0.3) is 17.0 Å². The van der Waals surface area contributed by atoms with Crippen molar-refractivity contribution in [3.8, 4) is 0 Å². The molecule has 0 radical (unpaired) electrons. The minimum atomic E-state index is -0.316. The Morgan fingerprint density at radius 1 is 1.28 bits per heavy atom. The van der Waals surface area contributed by atoms with Gasteiger partial charge >= 0.3 is 0 Å². The highest BCUT2D eigenvalue weighted by molar-refractivity contribution is 6.31. The summed E-state index contributed by atoms with van der Waals surface area (Å²) in [5, 5.41) is 3.88. The lowest BCUT2D eigenvalue weighted by Gasteiger charge is -1.94. The van der Waals surface area contributed by atoms with E-state index in [-0.39, 0.29) is 18.2 Å². The zero-order valence-electron chi connectivity index (χ0n) is 9.29. The molecule has 0 bridgehead atoms. The molecule has 0 spiro atoms. The van der Waals surface area contributed by atoms with E-state index in [1.807, 2.05) is 12.1 Å². The zero-order valence-corrected chi connectivity index (χ0v) is 10.0. The standard InChI is InChI=1S/C13H9ClN2O2/c14-9-1-2-10-8(6-15-11(10)5-9)3-7-4-12(17)16-13(7)18/h1-3,5-6,15H,4H2,(H,16,17,18)/b7-3-.